The van der Waals surface area contributed by atoms with Crippen LogP contribution in [-0.4, -0.2) is 33.6 Å². The van der Waals surface area contributed by atoms with E-state index in [0.29, 0.717) is 19.1 Å². The number of benzene rings is 1. The number of hydrogen-bond donors (Lipinski definition) is 1. The van der Waals surface area contributed by atoms with Crippen LogP contribution in [0.3, 0.4) is 0 Å². The number of carbonyl (C=O) groups is 1. The standard InChI is InChI=1S/C20H23FN2O2/c21-16-5-3-14(4-6-16)19(24)15-9-12-22(13-10-15)20(25)18-2-1-11-23(18)17-7-8-17/h1-6,11,15,17,19,24H,7-10,12-13H2. The molecular formula is C20H23FN2O2. The summed E-state index contributed by atoms with van der Waals surface area (Å²) < 4.78 is 15.1. The highest BCUT2D eigenvalue weighted by molar-refractivity contribution is 5.93. The van der Waals surface area contributed by atoms with Gasteiger partial charge in [0.25, 0.3) is 5.91 Å². The first-order valence-electron chi connectivity index (χ1n) is 9.03. The van der Waals surface area contributed by atoms with Crippen LogP contribution in [0.4, 0.5) is 4.39 Å². The number of aliphatic hydroxyl groups excluding tert-OH is 1. The van der Waals surface area contributed by atoms with E-state index in [1.165, 1.54) is 12.1 Å². The summed E-state index contributed by atoms with van der Waals surface area (Å²) in [7, 11) is 0. The quantitative estimate of drug-likeness (QED) is 0.924. The largest absolute Gasteiger partial charge is 0.388 e. The van der Waals surface area contributed by atoms with Crippen molar-refractivity contribution in [3.05, 3.63) is 59.7 Å². The Morgan fingerprint density at radius 1 is 1.08 bits per heavy atom. The van der Waals surface area contributed by atoms with Gasteiger partial charge in [0.2, 0.25) is 0 Å². The van der Waals surface area contributed by atoms with Gasteiger partial charge in [-0.2, -0.15) is 0 Å². The summed E-state index contributed by atoms with van der Waals surface area (Å²) >= 11 is 0. The van der Waals surface area contributed by atoms with Crippen molar-refractivity contribution in [2.24, 2.45) is 5.92 Å². The lowest BCUT2D eigenvalue weighted by Crippen LogP contribution is -2.40. The SMILES string of the molecule is O=C(c1cccn1C1CC1)N1CCC(C(O)c2ccc(F)cc2)CC1. The van der Waals surface area contributed by atoms with Gasteiger partial charge in [0, 0.05) is 25.3 Å². The van der Waals surface area contributed by atoms with Crippen LogP contribution in [0.1, 0.15) is 53.9 Å². The third kappa shape index (κ3) is 3.33. The second kappa shape index (κ2) is 6.64. The lowest BCUT2D eigenvalue weighted by Gasteiger charge is -2.34. The summed E-state index contributed by atoms with van der Waals surface area (Å²) in [4.78, 5) is 14.7. The molecule has 1 aliphatic carbocycles. The fourth-order valence-electron chi connectivity index (χ4n) is 3.76. The average molecular weight is 342 g/mol. The van der Waals surface area contributed by atoms with E-state index in [0.717, 1.165) is 36.9 Å². The number of halogens is 1. The number of rotatable bonds is 4. The Balaban J connectivity index is 1.38. The Bertz CT molecular complexity index is 743. The van der Waals surface area contributed by atoms with Crippen LogP contribution < -0.4 is 0 Å². The molecule has 4 nitrogen and oxygen atoms in total. The first kappa shape index (κ1) is 16.3. The molecule has 2 fully saturated rings. The molecule has 1 aromatic carbocycles. The maximum Gasteiger partial charge on any atom is 0.270 e. The molecular weight excluding hydrogens is 319 g/mol. The van der Waals surface area contributed by atoms with Crippen molar-refractivity contribution in [1.29, 1.82) is 0 Å². The van der Waals surface area contributed by atoms with Gasteiger partial charge in [-0.1, -0.05) is 12.1 Å². The van der Waals surface area contributed by atoms with Crippen molar-refractivity contribution in [3.8, 4) is 0 Å². The summed E-state index contributed by atoms with van der Waals surface area (Å²) in [5, 5.41) is 10.5. The summed E-state index contributed by atoms with van der Waals surface area (Å²) in [6.07, 6.45) is 5.22. The molecule has 2 heterocycles. The highest BCUT2D eigenvalue weighted by Gasteiger charge is 2.32. The predicted molar refractivity (Wildman–Crippen MR) is 92.7 cm³/mol. The maximum absolute atomic E-state index is 13.0. The van der Waals surface area contributed by atoms with Gasteiger partial charge in [0.05, 0.1) is 6.10 Å². The Kier molecular flexibility index (Phi) is 4.34. The Morgan fingerprint density at radius 3 is 2.40 bits per heavy atom. The first-order chi connectivity index (χ1) is 12.1. The minimum absolute atomic E-state index is 0.0895. The average Bonchev–Trinajstić information content (AvgIpc) is 3.38. The van der Waals surface area contributed by atoms with E-state index >= 15 is 0 Å². The Morgan fingerprint density at radius 2 is 1.76 bits per heavy atom. The van der Waals surface area contributed by atoms with Gasteiger partial charge >= 0.3 is 0 Å². The third-order valence-electron chi connectivity index (χ3n) is 5.42. The zero-order valence-electron chi connectivity index (χ0n) is 14.1. The first-order valence-corrected chi connectivity index (χ1v) is 9.03. The predicted octanol–water partition coefficient (Wildman–Crippen LogP) is 3.55. The maximum atomic E-state index is 13.0. The molecule has 0 spiro atoms. The van der Waals surface area contributed by atoms with E-state index < -0.39 is 6.10 Å². The van der Waals surface area contributed by atoms with E-state index in [1.807, 2.05) is 23.2 Å². The van der Waals surface area contributed by atoms with Crippen molar-refractivity contribution in [2.45, 2.75) is 37.8 Å². The molecule has 132 valence electrons. The van der Waals surface area contributed by atoms with Gasteiger partial charge in [0.15, 0.2) is 0 Å². The molecule has 4 rings (SSSR count). The molecule has 0 bridgehead atoms. The molecule has 0 radical (unpaired) electrons. The molecule has 5 heteroatoms. The van der Waals surface area contributed by atoms with E-state index in [-0.39, 0.29) is 17.6 Å². The van der Waals surface area contributed by atoms with Gasteiger partial charge in [0.1, 0.15) is 11.5 Å². The number of piperidine rings is 1. The highest BCUT2D eigenvalue weighted by atomic mass is 19.1. The molecule has 1 amide bonds. The minimum atomic E-state index is -0.604. The fraction of sp³-hybridized carbons (Fsp3) is 0.450. The van der Waals surface area contributed by atoms with Crippen molar-refractivity contribution < 1.29 is 14.3 Å². The Hall–Kier alpha value is -2.14. The molecule has 1 saturated carbocycles. The zero-order valence-corrected chi connectivity index (χ0v) is 14.1. The van der Waals surface area contributed by atoms with Gasteiger partial charge in [-0.25, -0.2) is 4.39 Å². The number of amides is 1. The number of likely N-dealkylation sites (tertiary alicyclic amines) is 1. The normalized spacial score (nSPS) is 19.8. The highest BCUT2D eigenvalue weighted by Crippen LogP contribution is 2.37. The van der Waals surface area contributed by atoms with Crippen molar-refractivity contribution in [1.82, 2.24) is 9.47 Å². The van der Waals surface area contributed by atoms with E-state index in [4.69, 9.17) is 0 Å². The van der Waals surface area contributed by atoms with Crippen LogP contribution in [0.25, 0.3) is 0 Å². The molecule has 1 atom stereocenters. The van der Waals surface area contributed by atoms with Gasteiger partial charge in [-0.3, -0.25) is 4.79 Å². The number of nitrogens with zero attached hydrogens (tertiary/aromatic N) is 2. The van der Waals surface area contributed by atoms with Gasteiger partial charge < -0.3 is 14.6 Å². The van der Waals surface area contributed by atoms with Crippen LogP contribution in [0.2, 0.25) is 0 Å². The van der Waals surface area contributed by atoms with Gasteiger partial charge in [-0.15, -0.1) is 0 Å². The second-order valence-corrected chi connectivity index (χ2v) is 7.16. The molecule has 1 aliphatic heterocycles. The van der Waals surface area contributed by atoms with Crippen molar-refractivity contribution in [2.75, 3.05) is 13.1 Å². The topological polar surface area (TPSA) is 45.5 Å². The number of aromatic nitrogens is 1. The van der Waals surface area contributed by atoms with Crippen LogP contribution >= 0.6 is 0 Å². The number of aliphatic hydroxyl groups is 1. The molecule has 25 heavy (non-hydrogen) atoms. The summed E-state index contributed by atoms with van der Waals surface area (Å²) in [5.41, 5.74) is 1.52. The lowest BCUT2D eigenvalue weighted by atomic mass is 9.87. The smallest absolute Gasteiger partial charge is 0.270 e. The monoisotopic (exact) mass is 342 g/mol. The number of carbonyl (C=O) groups excluding carboxylic acids is 1. The third-order valence-corrected chi connectivity index (χ3v) is 5.42. The minimum Gasteiger partial charge on any atom is -0.388 e. The molecule has 2 aliphatic rings. The molecule has 2 aromatic rings. The van der Waals surface area contributed by atoms with E-state index in [2.05, 4.69) is 4.57 Å². The van der Waals surface area contributed by atoms with E-state index in [1.54, 1.807) is 12.1 Å². The van der Waals surface area contributed by atoms with Crippen LogP contribution in [0, 0.1) is 11.7 Å². The van der Waals surface area contributed by atoms with Crippen molar-refractivity contribution >= 4 is 5.91 Å². The Labute approximate surface area is 146 Å². The number of hydrogen-bond acceptors (Lipinski definition) is 2. The van der Waals surface area contributed by atoms with E-state index in [9.17, 15) is 14.3 Å². The lowest BCUT2D eigenvalue weighted by molar-refractivity contribution is 0.0455. The molecule has 1 aromatic heterocycles. The fourth-order valence-corrected chi connectivity index (χ4v) is 3.76. The summed E-state index contributed by atoms with van der Waals surface area (Å²) in [5.74, 6) is -0.105. The van der Waals surface area contributed by atoms with Gasteiger partial charge in [-0.05, 0) is 61.4 Å². The molecule has 1 N–H and O–H groups in total. The van der Waals surface area contributed by atoms with Crippen LogP contribution in [0.15, 0.2) is 42.6 Å². The van der Waals surface area contributed by atoms with Crippen LogP contribution in [0.5, 0.6) is 0 Å². The van der Waals surface area contributed by atoms with Crippen LogP contribution in [-0.2, 0) is 0 Å². The second-order valence-electron chi connectivity index (χ2n) is 7.16. The summed E-state index contributed by atoms with van der Waals surface area (Å²) in [6, 6.07) is 10.4. The zero-order chi connectivity index (χ0) is 17.4. The molecule has 1 saturated heterocycles. The van der Waals surface area contributed by atoms with Crippen molar-refractivity contribution in [3.63, 3.8) is 0 Å². The summed E-state index contributed by atoms with van der Waals surface area (Å²) in [6.45, 7) is 1.30. The molecule has 1 unspecified atom stereocenters.